The van der Waals surface area contributed by atoms with Crippen LogP contribution in [0.3, 0.4) is 0 Å². The fourth-order valence-corrected chi connectivity index (χ4v) is 3.83. The summed E-state index contributed by atoms with van der Waals surface area (Å²) in [7, 11) is 0. The lowest BCUT2D eigenvalue weighted by Crippen LogP contribution is -2.41. The van der Waals surface area contributed by atoms with Crippen molar-refractivity contribution in [3.63, 3.8) is 0 Å². The zero-order valence-electron chi connectivity index (χ0n) is 12.7. The van der Waals surface area contributed by atoms with E-state index in [0.29, 0.717) is 5.92 Å². The molecular weight excluding hydrogens is 234 g/mol. The van der Waals surface area contributed by atoms with Gasteiger partial charge in [-0.2, -0.15) is 0 Å². The monoisotopic (exact) mass is 265 g/mol. The van der Waals surface area contributed by atoms with Crippen LogP contribution in [0.2, 0.25) is 0 Å². The van der Waals surface area contributed by atoms with Gasteiger partial charge in [0.15, 0.2) is 0 Å². The van der Waals surface area contributed by atoms with Crippen LogP contribution in [0.15, 0.2) is 0 Å². The van der Waals surface area contributed by atoms with E-state index in [9.17, 15) is 5.11 Å². The Morgan fingerprint density at radius 2 is 1.74 bits per heavy atom. The van der Waals surface area contributed by atoms with Gasteiger partial charge in [0.25, 0.3) is 0 Å². The van der Waals surface area contributed by atoms with E-state index in [1.807, 2.05) is 0 Å². The molecular formula is C17H31NO. The highest BCUT2D eigenvalue weighted by Crippen LogP contribution is 2.38. The Bertz CT molecular complexity index is 296. The van der Waals surface area contributed by atoms with Crippen molar-refractivity contribution in [1.82, 2.24) is 4.90 Å². The predicted octanol–water partition coefficient (Wildman–Crippen LogP) is 3.29. The number of hydrogen-bond donors (Lipinski definition) is 1. The molecule has 3 aliphatic carbocycles. The van der Waals surface area contributed by atoms with Gasteiger partial charge in [-0.1, -0.05) is 13.8 Å². The molecule has 0 radical (unpaired) electrons. The third-order valence-corrected chi connectivity index (χ3v) is 5.65. The maximum Gasteiger partial charge on any atom is 0.0580 e. The Hall–Kier alpha value is -0.0800. The minimum Gasteiger partial charge on any atom is -0.393 e. The second-order valence-electron chi connectivity index (χ2n) is 7.77. The molecule has 3 aliphatic rings. The normalized spacial score (nSPS) is 36.2. The molecule has 0 amide bonds. The Balaban J connectivity index is 1.55. The summed E-state index contributed by atoms with van der Waals surface area (Å²) in [5.41, 5.74) is 0. The summed E-state index contributed by atoms with van der Waals surface area (Å²) in [6, 6.07) is 0.868. The van der Waals surface area contributed by atoms with Crippen LogP contribution < -0.4 is 0 Å². The lowest BCUT2D eigenvalue weighted by atomic mass is 9.74. The number of aliphatic hydroxyl groups excluding tert-OH is 1. The smallest absolute Gasteiger partial charge is 0.0580 e. The Morgan fingerprint density at radius 3 is 2.32 bits per heavy atom. The van der Waals surface area contributed by atoms with Gasteiger partial charge in [-0.15, -0.1) is 0 Å². The first-order valence-corrected chi connectivity index (χ1v) is 8.55. The van der Waals surface area contributed by atoms with E-state index < -0.39 is 0 Å². The van der Waals surface area contributed by atoms with Crippen molar-refractivity contribution in [2.24, 2.45) is 23.7 Å². The van der Waals surface area contributed by atoms with Crippen molar-refractivity contribution in [2.45, 2.75) is 70.9 Å². The van der Waals surface area contributed by atoms with Crippen molar-refractivity contribution in [3.8, 4) is 0 Å². The van der Waals surface area contributed by atoms with E-state index in [1.54, 1.807) is 0 Å². The molecule has 0 aliphatic heterocycles. The van der Waals surface area contributed by atoms with Crippen LogP contribution in [0.4, 0.5) is 0 Å². The molecule has 3 fully saturated rings. The Kier molecular flexibility index (Phi) is 4.19. The van der Waals surface area contributed by atoms with Gasteiger partial charge in [0, 0.05) is 19.1 Å². The molecule has 2 nitrogen and oxygen atoms in total. The minimum atomic E-state index is -0.0320. The fraction of sp³-hybridized carbons (Fsp3) is 1.00. The van der Waals surface area contributed by atoms with Crippen LogP contribution in [0.5, 0.6) is 0 Å². The lowest BCUT2D eigenvalue weighted by molar-refractivity contribution is 0.0163. The van der Waals surface area contributed by atoms with E-state index in [-0.39, 0.29) is 6.10 Å². The van der Waals surface area contributed by atoms with Gasteiger partial charge >= 0.3 is 0 Å². The number of hydrogen-bond acceptors (Lipinski definition) is 2. The predicted molar refractivity (Wildman–Crippen MR) is 79.0 cm³/mol. The summed E-state index contributed by atoms with van der Waals surface area (Å²) in [5, 5.41) is 10.3. The fourth-order valence-electron chi connectivity index (χ4n) is 3.83. The first-order valence-electron chi connectivity index (χ1n) is 8.55. The topological polar surface area (TPSA) is 23.5 Å². The summed E-state index contributed by atoms with van der Waals surface area (Å²) < 4.78 is 0. The van der Waals surface area contributed by atoms with Gasteiger partial charge in [0.1, 0.15) is 0 Å². The van der Waals surface area contributed by atoms with Crippen LogP contribution >= 0.6 is 0 Å². The maximum atomic E-state index is 10.3. The summed E-state index contributed by atoms with van der Waals surface area (Å²) in [4.78, 5) is 2.73. The first kappa shape index (κ1) is 13.9. The van der Waals surface area contributed by atoms with Crippen LogP contribution in [0.1, 0.15) is 58.8 Å². The van der Waals surface area contributed by atoms with Gasteiger partial charge in [-0.3, -0.25) is 4.90 Å². The molecule has 3 rings (SSSR count). The molecule has 0 aromatic rings. The van der Waals surface area contributed by atoms with Crippen molar-refractivity contribution in [3.05, 3.63) is 0 Å². The minimum absolute atomic E-state index is 0.0320. The average Bonchev–Trinajstić information content (AvgIpc) is 3.24. The Morgan fingerprint density at radius 1 is 1.00 bits per heavy atom. The van der Waals surface area contributed by atoms with Gasteiger partial charge in [0.05, 0.1) is 6.10 Å². The zero-order valence-corrected chi connectivity index (χ0v) is 12.7. The Labute approximate surface area is 118 Å². The van der Waals surface area contributed by atoms with E-state index >= 15 is 0 Å². The van der Waals surface area contributed by atoms with Crippen LogP contribution in [-0.4, -0.2) is 35.2 Å². The van der Waals surface area contributed by atoms with Crippen molar-refractivity contribution in [2.75, 3.05) is 13.1 Å². The van der Waals surface area contributed by atoms with E-state index in [2.05, 4.69) is 18.7 Å². The summed E-state index contributed by atoms with van der Waals surface area (Å²) >= 11 is 0. The third kappa shape index (κ3) is 3.72. The lowest BCUT2D eigenvalue weighted by Gasteiger charge is -2.38. The van der Waals surface area contributed by atoms with Gasteiger partial charge in [0.2, 0.25) is 0 Å². The molecule has 0 aromatic carbocycles. The van der Waals surface area contributed by atoms with Crippen LogP contribution in [0.25, 0.3) is 0 Å². The summed E-state index contributed by atoms with van der Waals surface area (Å²) in [6.45, 7) is 7.19. The largest absolute Gasteiger partial charge is 0.393 e. The van der Waals surface area contributed by atoms with Crippen molar-refractivity contribution in [1.29, 1.82) is 0 Å². The summed E-state index contributed by atoms with van der Waals surface area (Å²) in [6.07, 6.45) is 9.21. The molecule has 19 heavy (non-hydrogen) atoms. The molecule has 0 bridgehead atoms. The maximum absolute atomic E-state index is 10.3. The van der Waals surface area contributed by atoms with Crippen molar-refractivity contribution >= 4 is 0 Å². The first-order chi connectivity index (χ1) is 9.13. The molecule has 1 N–H and O–H groups in total. The van der Waals surface area contributed by atoms with E-state index in [0.717, 1.165) is 30.2 Å². The standard InChI is InChI=1S/C17H31NO/c1-12(2)14-5-8-17(19)15(9-14)11-18(16-6-7-16)10-13-3-4-13/h12-17,19H,3-11H2,1-2H3. The highest BCUT2D eigenvalue weighted by Gasteiger charge is 2.38. The quantitative estimate of drug-likeness (QED) is 0.796. The molecule has 3 atom stereocenters. The average molecular weight is 265 g/mol. The molecule has 0 saturated heterocycles. The highest BCUT2D eigenvalue weighted by atomic mass is 16.3. The molecule has 110 valence electrons. The number of aliphatic hydroxyl groups is 1. The molecule has 2 heteroatoms. The highest BCUT2D eigenvalue weighted by molar-refractivity contribution is 4.91. The molecule has 0 spiro atoms. The van der Waals surface area contributed by atoms with Gasteiger partial charge < -0.3 is 5.11 Å². The van der Waals surface area contributed by atoms with Crippen LogP contribution in [-0.2, 0) is 0 Å². The van der Waals surface area contributed by atoms with E-state index in [4.69, 9.17) is 0 Å². The van der Waals surface area contributed by atoms with Gasteiger partial charge in [-0.25, -0.2) is 0 Å². The molecule has 0 heterocycles. The molecule has 3 unspecified atom stereocenters. The molecule has 0 aromatic heterocycles. The molecule has 3 saturated carbocycles. The number of nitrogens with zero attached hydrogens (tertiary/aromatic N) is 1. The summed E-state index contributed by atoms with van der Waals surface area (Å²) in [5.74, 6) is 3.16. The van der Waals surface area contributed by atoms with Crippen molar-refractivity contribution < 1.29 is 5.11 Å². The number of rotatable bonds is 6. The SMILES string of the molecule is CC(C)C1CCC(O)C(CN(CC2CC2)C2CC2)C1. The second kappa shape index (κ2) is 5.73. The third-order valence-electron chi connectivity index (χ3n) is 5.65. The second-order valence-corrected chi connectivity index (χ2v) is 7.77. The zero-order chi connectivity index (χ0) is 13.4. The van der Waals surface area contributed by atoms with Gasteiger partial charge in [-0.05, 0) is 68.6 Å². The van der Waals surface area contributed by atoms with E-state index in [1.165, 1.54) is 51.6 Å². The van der Waals surface area contributed by atoms with Crippen LogP contribution in [0, 0.1) is 23.7 Å².